The van der Waals surface area contributed by atoms with Crippen LogP contribution in [-0.2, 0) is 11.3 Å². The highest BCUT2D eigenvalue weighted by Gasteiger charge is 2.41. The molecule has 0 radical (unpaired) electrons. The third kappa shape index (κ3) is 2.52. The van der Waals surface area contributed by atoms with Crippen molar-refractivity contribution in [1.82, 2.24) is 4.90 Å². The summed E-state index contributed by atoms with van der Waals surface area (Å²) in [4.78, 5) is 13.0. The van der Waals surface area contributed by atoms with E-state index in [4.69, 9.17) is 10.8 Å². The highest BCUT2D eigenvalue weighted by Crippen LogP contribution is 2.22. The number of aryl methyl sites for hydroxylation is 1. The zero-order chi connectivity index (χ0) is 13.3. The van der Waals surface area contributed by atoms with Crippen molar-refractivity contribution in [3.8, 4) is 0 Å². The summed E-state index contributed by atoms with van der Waals surface area (Å²) in [5.74, 6) is -1.21. The van der Waals surface area contributed by atoms with Crippen LogP contribution in [0.15, 0.2) is 18.2 Å². The normalized spacial score (nSPS) is 24.4. The van der Waals surface area contributed by atoms with E-state index in [-0.39, 0.29) is 5.82 Å². The van der Waals surface area contributed by atoms with Crippen molar-refractivity contribution in [2.45, 2.75) is 25.4 Å². The average molecular weight is 252 g/mol. The number of halogens is 1. The Morgan fingerprint density at radius 1 is 1.61 bits per heavy atom. The first kappa shape index (κ1) is 13.0. The van der Waals surface area contributed by atoms with Crippen LogP contribution in [0, 0.1) is 12.7 Å². The highest BCUT2D eigenvalue weighted by atomic mass is 19.1. The number of nitrogens with zero attached hydrogens (tertiary/aromatic N) is 1. The van der Waals surface area contributed by atoms with Crippen molar-refractivity contribution in [1.29, 1.82) is 0 Å². The Morgan fingerprint density at radius 3 is 2.89 bits per heavy atom. The maximum Gasteiger partial charge on any atom is 0.325 e. The monoisotopic (exact) mass is 252 g/mol. The van der Waals surface area contributed by atoms with Gasteiger partial charge in [-0.05, 0) is 36.6 Å². The maximum absolute atomic E-state index is 13.0. The van der Waals surface area contributed by atoms with E-state index in [1.165, 1.54) is 12.1 Å². The van der Waals surface area contributed by atoms with Crippen LogP contribution in [0.4, 0.5) is 4.39 Å². The average Bonchev–Trinajstić information content (AvgIpc) is 2.66. The van der Waals surface area contributed by atoms with Crippen LogP contribution < -0.4 is 5.73 Å². The molecule has 1 aliphatic rings. The second-order valence-electron chi connectivity index (χ2n) is 4.99. The van der Waals surface area contributed by atoms with Gasteiger partial charge in [0.05, 0.1) is 0 Å². The van der Waals surface area contributed by atoms with Crippen molar-refractivity contribution in [3.63, 3.8) is 0 Å². The first-order chi connectivity index (χ1) is 8.40. The van der Waals surface area contributed by atoms with Crippen LogP contribution in [0.2, 0.25) is 0 Å². The number of carboxylic acid groups (broad SMARTS) is 1. The molecular weight excluding hydrogens is 235 g/mol. The van der Waals surface area contributed by atoms with Gasteiger partial charge in [0.1, 0.15) is 11.4 Å². The third-order valence-electron chi connectivity index (χ3n) is 3.50. The molecule has 98 valence electrons. The zero-order valence-electron chi connectivity index (χ0n) is 10.3. The molecule has 5 heteroatoms. The van der Waals surface area contributed by atoms with Gasteiger partial charge in [-0.25, -0.2) is 4.39 Å². The van der Waals surface area contributed by atoms with Crippen LogP contribution in [0.5, 0.6) is 0 Å². The topological polar surface area (TPSA) is 66.6 Å². The maximum atomic E-state index is 13.0. The fourth-order valence-electron chi connectivity index (χ4n) is 2.30. The lowest BCUT2D eigenvalue weighted by Crippen LogP contribution is -2.50. The van der Waals surface area contributed by atoms with Gasteiger partial charge in [0, 0.05) is 19.6 Å². The number of aliphatic carboxylic acids is 1. The highest BCUT2D eigenvalue weighted by molar-refractivity contribution is 5.79. The summed E-state index contributed by atoms with van der Waals surface area (Å²) < 4.78 is 13.0. The van der Waals surface area contributed by atoms with Crippen molar-refractivity contribution in [3.05, 3.63) is 35.1 Å². The lowest BCUT2D eigenvalue weighted by Gasteiger charge is -2.20. The summed E-state index contributed by atoms with van der Waals surface area (Å²) in [6.07, 6.45) is 0.447. The minimum Gasteiger partial charge on any atom is -0.480 e. The first-order valence-corrected chi connectivity index (χ1v) is 5.90. The van der Waals surface area contributed by atoms with Crippen molar-refractivity contribution in [2.24, 2.45) is 5.73 Å². The van der Waals surface area contributed by atoms with Gasteiger partial charge in [-0.2, -0.15) is 0 Å². The Hall–Kier alpha value is -1.46. The quantitative estimate of drug-likeness (QED) is 0.846. The molecule has 0 amide bonds. The molecule has 0 spiro atoms. The standard InChI is InChI=1S/C13H17FN2O2/c1-9-6-11(14)3-2-10(9)7-16-5-4-13(15,8-16)12(17)18/h2-3,6H,4-5,7-8,15H2,1H3,(H,17,18). The first-order valence-electron chi connectivity index (χ1n) is 5.90. The molecule has 1 atom stereocenters. The molecule has 1 aromatic rings. The van der Waals surface area contributed by atoms with E-state index in [9.17, 15) is 9.18 Å². The Balaban J connectivity index is 2.06. The van der Waals surface area contributed by atoms with E-state index in [1.54, 1.807) is 6.07 Å². The minimum absolute atomic E-state index is 0.253. The molecule has 4 nitrogen and oxygen atoms in total. The van der Waals surface area contributed by atoms with E-state index in [1.807, 2.05) is 11.8 Å². The molecular formula is C13H17FN2O2. The van der Waals surface area contributed by atoms with E-state index in [2.05, 4.69) is 0 Å². The number of nitrogens with two attached hydrogens (primary N) is 1. The molecule has 2 rings (SSSR count). The molecule has 1 aliphatic heterocycles. The molecule has 3 N–H and O–H groups in total. The van der Waals surface area contributed by atoms with Crippen LogP contribution in [-0.4, -0.2) is 34.6 Å². The third-order valence-corrected chi connectivity index (χ3v) is 3.50. The lowest BCUT2D eigenvalue weighted by molar-refractivity contribution is -0.142. The number of hydrogen-bond donors (Lipinski definition) is 2. The second kappa shape index (κ2) is 4.66. The molecule has 1 fully saturated rings. The molecule has 0 saturated carbocycles. The molecule has 0 aromatic heterocycles. The number of carboxylic acids is 1. The Kier molecular flexibility index (Phi) is 3.36. The lowest BCUT2D eigenvalue weighted by atomic mass is 10.0. The molecule has 0 aliphatic carbocycles. The van der Waals surface area contributed by atoms with Gasteiger partial charge in [0.25, 0.3) is 0 Å². The minimum atomic E-state index is -1.14. The Morgan fingerprint density at radius 2 is 2.33 bits per heavy atom. The van der Waals surface area contributed by atoms with Crippen molar-refractivity contribution < 1.29 is 14.3 Å². The van der Waals surface area contributed by atoms with Gasteiger partial charge < -0.3 is 10.8 Å². The zero-order valence-corrected chi connectivity index (χ0v) is 10.3. The number of carbonyl (C=O) groups is 1. The molecule has 1 saturated heterocycles. The molecule has 18 heavy (non-hydrogen) atoms. The Labute approximate surface area is 105 Å². The van der Waals surface area contributed by atoms with E-state index >= 15 is 0 Å². The predicted octanol–water partition coefficient (Wildman–Crippen LogP) is 1.12. The number of rotatable bonds is 3. The van der Waals surface area contributed by atoms with Gasteiger partial charge in [0.15, 0.2) is 0 Å². The fourth-order valence-corrected chi connectivity index (χ4v) is 2.30. The second-order valence-corrected chi connectivity index (χ2v) is 4.99. The van der Waals surface area contributed by atoms with E-state index in [0.717, 1.165) is 11.1 Å². The van der Waals surface area contributed by atoms with E-state index < -0.39 is 11.5 Å². The Bertz CT molecular complexity index is 478. The summed E-state index contributed by atoms with van der Waals surface area (Å²) in [6, 6.07) is 4.64. The van der Waals surface area contributed by atoms with Gasteiger partial charge in [0.2, 0.25) is 0 Å². The fraction of sp³-hybridized carbons (Fsp3) is 0.462. The smallest absolute Gasteiger partial charge is 0.325 e. The number of likely N-dealkylation sites (tertiary alicyclic amines) is 1. The van der Waals surface area contributed by atoms with Crippen LogP contribution >= 0.6 is 0 Å². The van der Waals surface area contributed by atoms with Crippen LogP contribution in [0.3, 0.4) is 0 Å². The summed E-state index contributed by atoms with van der Waals surface area (Å²) in [7, 11) is 0. The van der Waals surface area contributed by atoms with Crippen molar-refractivity contribution in [2.75, 3.05) is 13.1 Å². The van der Waals surface area contributed by atoms with Gasteiger partial charge >= 0.3 is 5.97 Å². The molecule has 1 unspecified atom stereocenters. The molecule has 1 heterocycles. The summed E-state index contributed by atoms with van der Waals surface area (Å²) >= 11 is 0. The molecule has 0 bridgehead atoms. The van der Waals surface area contributed by atoms with Crippen LogP contribution in [0.1, 0.15) is 17.5 Å². The SMILES string of the molecule is Cc1cc(F)ccc1CN1CCC(N)(C(=O)O)C1. The summed E-state index contributed by atoms with van der Waals surface area (Å²) in [5.41, 5.74) is 6.54. The number of benzene rings is 1. The van der Waals surface area contributed by atoms with Gasteiger partial charge in [-0.15, -0.1) is 0 Å². The van der Waals surface area contributed by atoms with Gasteiger partial charge in [-0.1, -0.05) is 6.07 Å². The summed E-state index contributed by atoms with van der Waals surface area (Å²) in [5, 5.41) is 9.05. The largest absolute Gasteiger partial charge is 0.480 e. The molecule has 1 aromatic carbocycles. The van der Waals surface area contributed by atoms with E-state index in [0.29, 0.717) is 26.1 Å². The predicted molar refractivity (Wildman–Crippen MR) is 65.6 cm³/mol. The van der Waals surface area contributed by atoms with Crippen molar-refractivity contribution >= 4 is 5.97 Å². The summed E-state index contributed by atoms with van der Waals surface area (Å²) in [6.45, 7) is 3.44. The van der Waals surface area contributed by atoms with Crippen LogP contribution in [0.25, 0.3) is 0 Å². The van der Waals surface area contributed by atoms with Gasteiger partial charge in [-0.3, -0.25) is 9.69 Å². The number of hydrogen-bond acceptors (Lipinski definition) is 3.